The highest BCUT2D eigenvalue weighted by Gasteiger charge is 2.26. The molecule has 1 rings (SSSR count). The van der Waals surface area contributed by atoms with Crippen LogP contribution < -0.4 is 10.1 Å². The van der Waals surface area contributed by atoms with Gasteiger partial charge in [-0.15, -0.1) is 0 Å². The molecule has 6 nitrogen and oxygen atoms in total. The lowest BCUT2D eigenvalue weighted by atomic mass is 10.2. The Hall–Kier alpha value is -1.60. The van der Waals surface area contributed by atoms with Crippen LogP contribution in [-0.2, 0) is 14.8 Å². The van der Waals surface area contributed by atoms with Gasteiger partial charge < -0.3 is 10.1 Å². The summed E-state index contributed by atoms with van der Waals surface area (Å²) in [6.07, 6.45) is 0.786. The zero-order valence-corrected chi connectivity index (χ0v) is 14.5. The Morgan fingerprint density at radius 3 is 2.59 bits per heavy atom. The van der Waals surface area contributed by atoms with Gasteiger partial charge in [-0.3, -0.25) is 4.79 Å². The number of carbonyl (C=O) groups excluding carboxylic acids is 1. The fourth-order valence-corrected chi connectivity index (χ4v) is 3.23. The van der Waals surface area contributed by atoms with Crippen molar-refractivity contribution in [2.75, 3.05) is 20.7 Å². The van der Waals surface area contributed by atoms with Crippen molar-refractivity contribution in [1.29, 1.82) is 0 Å². The Balaban J connectivity index is 2.99. The Kier molecular flexibility index (Phi) is 6.37. The summed E-state index contributed by atoms with van der Waals surface area (Å²) >= 11 is 0. The summed E-state index contributed by atoms with van der Waals surface area (Å²) in [5.41, 5.74) is 0.803. The summed E-state index contributed by atoms with van der Waals surface area (Å²) in [6.45, 7) is 5.39. The smallest absolute Gasteiger partial charge is 0.246 e. The number of aryl methyl sites for hydroxylation is 1. The number of hydrogen-bond acceptors (Lipinski definition) is 4. The van der Waals surface area contributed by atoms with Crippen LogP contribution in [0.1, 0.15) is 25.8 Å². The number of amides is 1. The second-order valence-corrected chi connectivity index (χ2v) is 7.31. The summed E-state index contributed by atoms with van der Waals surface area (Å²) in [5, 5.41) is 2.75. The molecule has 0 aliphatic heterocycles. The molecule has 0 bridgehead atoms. The molecular formula is C15H24N2O4S. The van der Waals surface area contributed by atoms with E-state index in [1.165, 1.54) is 20.2 Å². The summed E-state index contributed by atoms with van der Waals surface area (Å²) in [5.74, 6) is -0.0631. The van der Waals surface area contributed by atoms with Crippen molar-refractivity contribution >= 4 is 15.9 Å². The van der Waals surface area contributed by atoms with Crippen LogP contribution in [0.4, 0.5) is 0 Å². The monoisotopic (exact) mass is 328 g/mol. The molecule has 0 heterocycles. The van der Waals surface area contributed by atoms with Crippen LogP contribution in [0.5, 0.6) is 5.75 Å². The van der Waals surface area contributed by atoms with Gasteiger partial charge in [0.05, 0.1) is 13.7 Å². The Bertz CT molecular complexity index is 628. The number of sulfonamides is 1. The van der Waals surface area contributed by atoms with E-state index in [4.69, 9.17) is 4.74 Å². The fraction of sp³-hybridized carbons (Fsp3) is 0.533. The second-order valence-electron chi connectivity index (χ2n) is 5.29. The third-order valence-corrected chi connectivity index (χ3v) is 5.22. The molecular weight excluding hydrogens is 304 g/mol. The van der Waals surface area contributed by atoms with E-state index in [9.17, 15) is 13.2 Å². The SMILES string of the molecule is CC[C@@H](C)NC(=O)CN(C)S(=O)(=O)c1cc(C)ccc1OC. The predicted molar refractivity (Wildman–Crippen MR) is 85.4 cm³/mol. The van der Waals surface area contributed by atoms with Crippen LogP contribution in [0.25, 0.3) is 0 Å². The van der Waals surface area contributed by atoms with Gasteiger partial charge in [0.15, 0.2) is 0 Å². The van der Waals surface area contributed by atoms with E-state index in [0.717, 1.165) is 16.3 Å². The fourth-order valence-electron chi connectivity index (χ4n) is 1.86. The van der Waals surface area contributed by atoms with E-state index in [1.54, 1.807) is 19.1 Å². The average Bonchev–Trinajstić information content (AvgIpc) is 2.46. The van der Waals surface area contributed by atoms with Crippen molar-refractivity contribution in [3.63, 3.8) is 0 Å². The first-order valence-electron chi connectivity index (χ1n) is 7.12. The molecule has 124 valence electrons. The van der Waals surface area contributed by atoms with Crippen molar-refractivity contribution < 1.29 is 17.9 Å². The third kappa shape index (κ3) is 4.45. The molecule has 7 heteroatoms. The van der Waals surface area contributed by atoms with Crippen LogP contribution in [-0.4, -0.2) is 45.4 Å². The van der Waals surface area contributed by atoms with Gasteiger partial charge >= 0.3 is 0 Å². The topological polar surface area (TPSA) is 75.7 Å². The number of hydrogen-bond donors (Lipinski definition) is 1. The van der Waals surface area contributed by atoms with Crippen LogP contribution >= 0.6 is 0 Å². The standard InChI is InChI=1S/C15H24N2O4S/c1-6-12(3)16-15(18)10-17(4)22(19,20)14-9-11(2)7-8-13(14)21-5/h7-9,12H,6,10H2,1-5H3,(H,16,18)/t12-/m1/s1. The van der Waals surface area contributed by atoms with Gasteiger partial charge in [-0.05, 0) is 38.0 Å². The molecule has 22 heavy (non-hydrogen) atoms. The lowest BCUT2D eigenvalue weighted by Crippen LogP contribution is -2.41. The number of likely N-dealkylation sites (N-methyl/N-ethyl adjacent to an activating group) is 1. The first-order valence-corrected chi connectivity index (χ1v) is 8.56. The normalized spacial score (nSPS) is 13.0. The highest BCUT2D eigenvalue weighted by Crippen LogP contribution is 2.26. The molecule has 0 spiro atoms. The number of carbonyl (C=O) groups is 1. The Labute approximate surface area is 132 Å². The summed E-state index contributed by atoms with van der Waals surface area (Å²) in [7, 11) is -0.996. The molecule has 0 fully saturated rings. The Morgan fingerprint density at radius 1 is 1.41 bits per heavy atom. The molecule has 0 unspecified atom stereocenters. The lowest BCUT2D eigenvalue weighted by Gasteiger charge is -2.20. The van der Waals surface area contributed by atoms with Crippen LogP contribution in [0.2, 0.25) is 0 Å². The largest absolute Gasteiger partial charge is 0.495 e. The molecule has 1 aromatic carbocycles. The molecule has 0 aromatic heterocycles. The minimum absolute atomic E-state index is 0.0112. The van der Waals surface area contributed by atoms with Crippen molar-refractivity contribution in [2.45, 2.75) is 38.1 Å². The number of nitrogens with zero attached hydrogens (tertiary/aromatic N) is 1. The first kappa shape index (κ1) is 18.4. The zero-order chi connectivity index (χ0) is 16.9. The van der Waals surface area contributed by atoms with Crippen molar-refractivity contribution in [2.24, 2.45) is 0 Å². The maximum Gasteiger partial charge on any atom is 0.246 e. The predicted octanol–water partition coefficient (Wildman–Crippen LogP) is 1.54. The highest BCUT2D eigenvalue weighted by atomic mass is 32.2. The number of benzene rings is 1. The molecule has 0 aliphatic rings. The number of methoxy groups -OCH3 is 1. The molecule has 1 N–H and O–H groups in total. The van der Waals surface area contributed by atoms with Gasteiger partial charge in [-0.1, -0.05) is 13.0 Å². The minimum atomic E-state index is -3.79. The first-order chi connectivity index (χ1) is 10.2. The lowest BCUT2D eigenvalue weighted by molar-refractivity contribution is -0.121. The molecule has 0 saturated heterocycles. The minimum Gasteiger partial charge on any atom is -0.495 e. The van der Waals surface area contributed by atoms with Crippen LogP contribution in [0.15, 0.2) is 23.1 Å². The highest BCUT2D eigenvalue weighted by molar-refractivity contribution is 7.89. The van der Waals surface area contributed by atoms with E-state index in [1.807, 2.05) is 13.8 Å². The molecule has 0 saturated carbocycles. The van der Waals surface area contributed by atoms with E-state index in [2.05, 4.69) is 5.32 Å². The third-order valence-electron chi connectivity index (χ3n) is 3.39. The van der Waals surface area contributed by atoms with Gasteiger partial charge in [0.1, 0.15) is 10.6 Å². The maximum atomic E-state index is 12.6. The van der Waals surface area contributed by atoms with Crippen molar-refractivity contribution in [1.82, 2.24) is 9.62 Å². The maximum absolute atomic E-state index is 12.6. The number of rotatable bonds is 7. The number of ether oxygens (including phenoxy) is 1. The van der Waals surface area contributed by atoms with Crippen molar-refractivity contribution in [3.05, 3.63) is 23.8 Å². The second kappa shape index (κ2) is 7.60. The van der Waals surface area contributed by atoms with E-state index >= 15 is 0 Å². The number of nitrogens with one attached hydrogen (secondary N) is 1. The molecule has 1 aromatic rings. The zero-order valence-electron chi connectivity index (χ0n) is 13.7. The van der Waals surface area contributed by atoms with E-state index in [0.29, 0.717) is 0 Å². The van der Waals surface area contributed by atoms with Crippen LogP contribution in [0, 0.1) is 6.92 Å². The summed E-state index contributed by atoms with van der Waals surface area (Å²) in [6, 6.07) is 4.93. The Morgan fingerprint density at radius 2 is 2.05 bits per heavy atom. The van der Waals surface area contributed by atoms with Gasteiger partial charge in [0, 0.05) is 13.1 Å². The quantitative estimate of drug-likeness (QED) is 0.824. The van der Waals surface area contributed by atoms with Crippen molar-refractivity contribution in [3.8, 4) is 5.75 Å². The van der Waals surface area contributed by atoms with Crippen LogP contribution in [0.3, 0.4) is 0 Å². The van der Waals surface area contributed by atoms with Gasteiger partial charge in [0.2, 0.25) is 15.9 Å². The van der Waals surface area contributed by atoms with E-state index < -0.39 is 10.0 Å². The molecule has 0 aliphatic carbocycles. The van der Waals surface area contributed by atoms with E-state index in [-0.39, 0.29) is 29.1 Å². The molecule has 0 radical (unpaired) electrons. The average molecular weight is 328 g/mol. The molecule has 1 amide bonds. The van der Waals surface area contributed by atoms with Gasteiger partial charge in [-0.25, -0.2) is 8.42 Å². The summed E-state index contributed by atoms with van der Waals surface area (Å²) in [4.78, 5) is 11.9. The molecule has 1 atom stereocenters. The summed E-state index contributed by atoms with van der Waals surface area (Å²) < 4.78 is 31.4. The van der Waals surface area contributed by atoms with Gasteiger partial charge in [0.25, 0.3) is 0 Å². The van der Waals surface area contributed by atoms with Gasteiger partial charge in [-0.2, -0.15) is 4.31 Å².